The highest BCUT2D eigenvalue weighted by Gasteiger charge is 2.30. The number of hydrogen-bond acceptors (Lipinski definition) is 6. The summed E-state index contributed by atoms with van der Waals surface area (Å²) in [5, 5.41) is 18.2. The number of benzene rings is 2. The Bertz CT molecular complexity index is 1440. The van der Waals surface area contributed by atoms with Crippen LogP contribution in [0, 0.1) is 29.0 Å². The first-order valence-corrected chi connectivity index (χ1v) is 12.1. The smallest absolute Gasteiger partial charge is 0.147 e. The molecule has 0 radical (unpaired) electrons. The number of nitrogens with one attached hydrogen (secondary N) is 1. The Labute approximate surface area is 203 Å². The van der Waals surface area contributed by atoms with Crippen LogP contribution in [-0.2, 0) is 7.05 Å². The molecular weight excluding hydrogens is 441 g/mol. The summed E-state index contributed by atoms with van der Waals surface area (Å²) >= 11 is 0. The van der Waals surface area contributed by atoms with Crippen LogP contribution in [0.3, 0.4) is 0 Å². The van der Waals surface area contributed by atoms with Gasteiger partial charge < -0.3 is 10.2 Å². The number of rotatable bonds is 3. The number of fused-ring (bicyclic) bond motifs is 2. The molecular formula is C27H26FN7. The minimum Gasteiger partial charge on any atom is -0.355 e. The van der Waals surface area contributed by atoms with Crippen molar-refractivity contribution in [3.8, 4) is 28.6 Å². The highest BCUT2D eigenvalue weighted by Crippen LogP contribution is 2.34. The quantitative estimate of drug-likeness (QED) is 0.488. The maximum Gasteiger partial charge on any atom is 0.147 e. The van der Waals surface area contributed by atoms with E-state index in [4.69, 9.17) is 9.97 Å². The van der Waals surface area contributed by atoms with E-state index in [1.165, 1.54) is 12.1 Å². The van der Waals surface area contributed by atoms with E-state index in [0.29, 0.717) is 28.8 Å². The summed E-state index contributed by atoms with van der Waals surface area (Å²) in [6.45, 7) is 4.05. The molecule has 0 spiro atoms. The third kappa shape index (κ3) is 4.02. The lowest BCUT2D eigenvalue weighted by Gasteiger charge is -2.23. The van der Waals surface area contributed by atoms with Gasteiger partial charge in [-0.25, -0.2) is 9.37 Å². The molecule has 4 aromatic rings. The number of anilines is 1. The fraction of sp³-hybridized carbons (Fsp3) is 0.333. The molecule has 4 heterocycles. The van der Waals surface area contributed by atoms with Crippen LogP contribution in [0.4, 0.5) is 10.2 Å². The Balaban J connectivity index is 1.44. The molecule has 2 aliphatic rings. The lowest BCUT2D eigenvalue weighted by atomic mass is 9.92. The van der Waals surface area contributed by atoms with E-state index < -0.39 is 5.82 Å². The Morgan fingerprint density at radius 3 is 2.51 bits per heavy atom. The monoisotopic (exact) mass is 467 g/mol. The van der Waals surface area contributed by atoms with Crippen LogP contribution in [0.5, 0.6) is 0 Å². The van der Waals surface area contributed by atoms with Crippen LogP contribution in [0.1, 0.15) is 18.4 Å². The highest BCUT2D eigenvalue weighted by molar-refractivity contribution is 5.87. The van der Waals surface area contributed by atoms with Gasteiger partial charge in [-0.05, 0) is 62.0 Å². The van der Waals surface area contributed by atoms with Gasteiger partial charge in [0.15, 0.2) is 0 Å². The molecule has 1 N–H and O–H groups in total. The molecule has 0 amide bonds. The topological polar surface area (TPSA) is 82.7 Å². The molecule has 8 heteroatoms. The molecule has 2 fully saturated rings. The number of hydrogen-bond donors (Lipinski definition) is 1. The maximum atomic E-state index is 14.6. The van der Waals surface area contributed by atoms with Gasteiger partial charge >= 0.3 is 0 Å². The lowest BCUT2D eigenvalue weighted by Crippen LogP contribution is -2.27. The SMILES string of the molecule is Cn1cc2cc(-c3ncc(N4CC[C@@H]5CNC[C@@H]5CC4)nc3-c3ccc(C#N)c(F)c3)ccc2n1. The molecule has 6 rings (SSSR count). The van der Waals surface area contributed by atoms with Crippen molar-refractivity contribution in [1.29, 1.82) is 5.26 Å². The van der Waals surface area contributed by atoms with Gasteiger partial charge in [-0.2, -0.15) is 10.4 Å². The zero-order chi connectivity index (χ0) is 23.9. The average molecular weight is 468 g/mol. The minimum atomic E-state index is -0.555. The van der Waals surface area contributed by atoms with Crippen molar-refractivity contribution in [2.75, 3.05) is 31.1 Å². The van der Waals surface area contributed by atoms with Crippen molar-refractivity contribution >= 4 is 16.7 Å². The first-order valence-electron chi connectivity index (χ1n) is 12.1. The summed E-state index contributed by atoms with van der Waals surface area (Å²) in [6, 6.07) is 12.5. The zero-order valence-electron chi connectivity index (χ0n) is 19.6. The van der Waals surface area contributed by atoms with Crippen LogP contribution in [0.15, 0.2) is 48.8 Å². The molecule has 2 aliphatic heterocycles. The van der Waals surface area contributed by atoms with Crippen LogP contribution in [-0.4, -0.2) is 45.9 Å². The minimum absolute atomic E-state index is 0.0175. The largest absolute Gasteiger partial charge is 0.355 e. The van der Waals surface area contributed by atoms with Crippen LogP contribution >= 0.6 is 0 Å². The third-order valence-corrected chi connectivity index (χ3v) is 7.36. The van der Waals surface area contributed by atoms with E-state index in [2.05, 4.69) is 15.3 Å². The average Bonchev–Trinajstić information content (AvgIpc) is 3.42. The molecule has 2 aromatic heterocycles. The fourth-order valence-electron chi connectivity index (χ4n) is 5.44. The van der Waals surface area contributed by atoms with Crippen molar-refractivity contribution in [2.45, 2.75) is 12.8 Å². The number of halogens is 1. The molecule has 0 bridgehead atoms. The predicted octanol–water partition coefficient (Wildman–Crippen LogP) is 4.14. The summed E-state index contributed by atoms with van der Waals surface area (Å²) in [4.78, 5) is 12.2. The van der Waals surface area contributed by atoms with Gasteiger partial charge in [0, 0.05) is 42.8 Å². The summed E-state index contributed by atoms with van der Waals surface area (Å²) in [7, 11) is 1.89. The normalized spacial score (nSPS) is 20.0. The molecule has 176 valence electrons. The molecule has 0 saturated carbocycles. The lowest BCUT2D eigenvalue weighted by molar-refractivity contribution is 0.409. The van der Waals surface area contributed by atoms with Crippen molar-refractivity contribution in [2.24, 2.45) is 18.9 Å². The summed E-state index contributed by atoms with van der Waals surface area (Å²) in [5.74, 6) is 1.68. The van der Waals surface area contributed by atoms with E-state index in [-0.39, 0.29) is 5.56 Å². The van der Waals surface area contributed by atoms with Gasteiger partial charge in [0.05, 0.1) is 28.7 Å². The van der Waals surface area contributed by atoms with Gasteiger partial charge in [-0.1, -0.05) is 12.1 Å². The van der Waals surface area contributed by atoms with Gasteiger partial charge in [0.2, 0.25) is 0 Å². The van der Waals surface area contributed by atoms with Crippen molar-refractivity contribution in [1.82, 2.24) is 25.1 Å². The third-order valence-electron chi connectivity index (χ3n) is 7.36. The van der Waals surface area contributed by atoms with Gasteiger partial charge in [0.1, 0.15) is 17.7 Å². The summed E-state index contributed by atoms with van der Waals surface area (Å²) in [5.41, 5.74) is 3.70. The van der Waals surface area contributed by atoms with Crippen molar-refractivity contribution < 1.29 is 4.39 Å². The highest BCUT2D eigenvalue weighted by atomic mass is 19.1. The molecule has 35 heavy (non-hydrogen) atoms. The fourth-order valence-corrected chi connectivity index (χ4v) is 5.44. The number of aryl methyl sites for hydroxylation is 1. The predicted molar refractivity (Wildman–Crippen MR) is 133 cm³/mol. The second kappa shape index (κ2) is 8.75. The molecule has 2 atom stereocenters. The summed E-state index contributed by atoms with van der Waals surface area (Å²) < 4.78 is 16.4. The van der Waals surface area contributed by atoms with E-state index >= 15 is 0 Å². The molecule has 7 nitrogen and oxygen atoms in total. The second-order valence-corrected chi connectivity index (χ2v) is 9.55. The van der Waals surface area contributed by atoms with Crippen molar-refractivity contribution in [3.63, 3.8) is 0 Å². The van der Waals surface area contributed by atoms with Crippen LogP contribution in [0.25, 0.3) is 33.4 Å². The molecule has 0 unspecified atom stereocenters. The van der Waals surface area contributed by atoms with Gasteiger partial charge in [-0.3, -0.25) is 9.67 Å². The zero-order valence-corrected chi connectivity index (χ0v) is 19.6. The van der Waals surface area contributed by atoms with E-state index in [1.807, 2.05) is 43.7 Å². The Kier molecular flexibility index (Phi) is 5.42. The van der Waals surface area contributed by atoms with Crippen LogP contribution in [0.2, 0.25) is 0 Å². The Hall–Kier alpha value is -3.83. The molecule has 2 aromatic carbocycles. The van der Waals surface area contributed by atoms with Gasteiger partial charge in [-0.15, -0.1) is 0 Å². The first-order chi connectivity index (χ1) is 17.1. The Morgan fingerprint density at radius 2 is 1.77 bits per heavy atom. The number of nitrogens with zero attached hydrogens (tertiary/aromatic N) is 6. The number of aromatic nitrogens is 4. The van der Waals surface area contributed by atoms with E-state index in [0.717, 1.165) is 61.3 Å². The van der Waals surface area contributed by atoms with Crippen molar-refractivity contribution in [3.05, 3.63) is 60.2 Å². The summed E-state index contributed by atoms with van der Waals surface area (Å²) in [6.07, 6.45) is 6.05. The number of nitriles is 1. The molecule has 0 aliphatic carbocycles. The van der Waals surface area contributed by atoms with E-state index in [9.17, 15) is 9.65 Å². The Morgan fingerprint density at radius 1 is 1.03 bits per heavy atom. The molecule has 2 saturated heterocycles. The standard InChI is InChI=1S/C27H26FN7/c1-34-16-22-10-17(4-5-24(22)33-34)26-27(18-2-3-19(12-29)23(28)11-18)32-25(15-31-26)35-8-6-20-13-30-14-21(20)7-9-35/h2-5,10-11,15-16,20-21,30H,6-9,13-14H2,1H3/t20-,21+. The van der Waals surface area contributed by atoms with Crippen LogP contribution < -0.4 is 10.2 Å². The van der Waals surface area contributed by atoms with E-state index in [1.54, 1.807) is 10.7 Å². The first kappa shape index (κ1) is 21.7. The maximum absolute atomic E-state index is 14.6. The van der Waals surface area contributed by atoms with Gasteiger partial charge in [0.25, 0.3) is 0 Å². The second-order valence-electron chi connectivity index (χ2n) is 9.55.